The molecule has 4 rings (SSSR count). The number of hydrogen-bond acceptors (Lipinski definition) is 5. The third-order valence-electron chi connectivity index (χ3n) is 5.03. The van der Waals surface area contributed by atoms with Gasteiger partial charge >= 0.3 is 0 Å². The van der Waals surface area contributed by atoms with Gasteiger partial charge in [-0.05, 0) is 42.8 Å². The van der Waals surface area contributed by atoms with Crippen molar-refractivity contribution >= 4 is 60.1 Å². The molecular weight excluding hydrogens is 474 g/mol. The summed E-state index contributed by atoms with van der Waals surface area (Å²) in [7, 11) is 0. The van der Waals surface area contributed by atoms with Crippen LogP contribution in [0.2, 0.25) is 5.02 Å². The van der Waals surface area contributed by atoms with E-state index in [-0.39, 0.29) is 5.91 Å². The number of halogens is 2. The van der Waals surface area contributed by atoms with E-state index in [0.29, 0.717) is 22.3 Å². The number of ether oxygens (including phenoxy) is 1. The molecule has 3 aromatic rings. The predicted octanol–water partition coefficient (Wildman–Crippen LogP) is 5.00. The van der Waals surface area contributed by atoms with Crippen molar-refractivity contribution in [2.75, 3.05) is 44.3 Å². The quantitative estimate of drug-likeness (QED) is 0.501. The van der Waals surface area contributed by atoms with Crippen molar-refractivity contribution in [1.29, 1.82) is 0 Å². The molecule has 0 aliphatic carbocycles. The fraction of sp³-hybridized carbons (Fsp3) is 0.333. The van der Waals surface area contributed by atoms with Crippen LogP contribution in [-0.4, -0.2) is 55.2 Å². The lowest BCUT2D eigenvalue weighted by molar-refractivity contribution is 0.0391. The Hall–Kier alpha value is -1.51. The Kier molecular flexibility index (Phi) is 6.51. The number of carbonyl (C=O) groups is 1. The van der Waals surface area contributed by atoms with Crippen molar-refractivity contribution < 1.29 is 9.53 Å². The first-order valence-electron chi connectivity index (χ1n) is 9.46. The Labute approximate surface area is 187 Å². The van der Waals surface area contributed by atoms with E-state index in [4.69, 9.17) is 21.3 Å². The van der Waals surface area contributed by atoms with Crippen molar-refractivity contribution in [1.82, 2.24) is 9.88 Å². The maximum atomic E-state index is 13.4. The fourth-order valence-electron chi connectivity index (χ4n) is 3.33. The standard InChI is InChI=1S/C21H21BrClN3O2S/c1-14-17(23)5-6-18-19(14)24-21(29-18)26(8-7-25-9-11-28-12-10-25)20(27)15-3-2-4-16(22)13-15/h2-6,13H,7-12H2,1H3. The van der Waals surface area contributed by atoms with Crippen molar-refractivity contribution in [3.63, 3.8) is 0 Å². The Morgan fingerprint density at radius 3 is 2.86 bits per heavy atom. The molecule has 1 aliphatic heterocycles. The second-order valence-electron chi connectivity index (χ2n) is 6.94. The Balaban J connectivity index is 1.67. The number of nitrogens with zero attached hydrogens (tertiary/aromatic N) is 3. The van der Waals surface area contributed by atoms with Gasteiger partial charge in [-0.1, -0.05) is 44.9 Å². The van der Waals surface area contributed by atoms with Gasteiger partial charge in [0.25, 0.3) is 5.91 Å². The van der Waals surface area contributed by atoms with Gasteiger partial charge in [0, 0.05) is 41.2 Å². The van der Waals surface area contributed by atoms with Gasteiger partial charge in [-0.2, -0.15) is 0 Å². The first-order chi connectivity index (χ1) is 14.0. The number of morpholine rings is 1. The van der Waals surface area contributed by atoms with Gasteiger partial charge in [-0.15, -0.1) is 0 Å². The number of benzene rings is 2. The Bertz CT molecular complexity index is 1040. The maximum absolute atomic E-state index is 13.4. The Morgan fingerprint density at radius 2 is 2.10 bits per heavy atom. The minimum atomic E-state index is -0.0534. The third-order valence-corrected chi connectivity index (χ3v) is 6.97. The van der Waals surface area contributed by atoms with E-state index >= 15 is 0 Å². The monoisotopic (exact) mass is 493 g/mol. The van der Waals surface area contributed by atoms with Crippen molar-refractivity contribution in [2.45, 2.75) is 6.92 Å². The van der Waals surface area contributed by atoms with Crippen molar-refractivity contribution in [2.24, 2.45) is 0 Å². The van der Waals surface area contributed by atoms with Crippen LogP contribution in [0.1, 0.15) is 15.9 Å². The minimum Gasteiger partial charge on any atom is -0.379 e. The van der Waals surface area contributed by atoms with Crippen LogP contribution >= 0.6 is 38.9 Å². The van der Waals surface area contributed by atoms with Crippen LogP contribution < -0.4 is 4.90 Å². The van der Waals surface area contributed by atoms with Gasteiger partial charge in [0.1, 0.15) is 0 Å². The minimum absolute atomic E-state index is 0.0534. The van der Waals surface area contributed by atoms with E-state index in [1.807, 2.05) is 43.3 Å². The number of rotatable bonds is 5. The molecule has 1 fully saturated rings. The van der Waals surface area contributed by atoms with Crippen LogP contribution in [0, 0.1) is 6.92 Å². The molecule has 1 aromatic heterocycles. The molecule has 2 aromatic carbocycles. The molecule has 1 aliphatic rings. The largest absolute Gasteiger partial charge is 0.379 e. The van der Waals surface area contributed by atoms with Gasteiger partial charge < -0.3 is 4.74 Å². The summed E-state index contributed by atoms with van der Waals surface area (Å²) in [4.78, 5) is 22.3. The maximum Gasteiger partial charge on any atom is 0.260 e. The average Bonchev–Trinajstić information content (AvgIpc) is 3.16. The van der Waals surface area contributed by atoms with Gasteiger partial charge in [-0.3, -0.25) is 14.6 Å². The number of carbonyl (C=O) groups excluding carboxylic acids is 1. The highest BCUT2D eigenvalue weighted by Gasteiger charge is 2.23. The summed E-state index contributed by atoms with van der Waals surface area (Å²) in [5.74, 6) is -0.0534. The van der Waals surface area contributed by atoms with Crippen LogP contribution in [0.15, 0.2) is 40.9 Å². The molecule has 0 unspecified atom stereocenters. The van der Waals surface area contributed by atoms with Crippen LogP contribution in [0.25, 0.3) is 10.2 Å². The molecule has 8 heteroatoms. The summed E-state index contributed by atoms with van der Waals surface area (Å²) in [6.45, 7) is 6.54. The number of hydrogen-bond donors (Lipinski definition) is 0. The zero-order valence-electron chi connectivity index (χ0n) is 16.0. The van der Waals surface area contributed by atoms with Gasteiger partial charge in [-0.25, -0.2) is 4.98 Å². The summed E-state index contributed by atoms with van der Waals surface area (Å²) in [6, 6.07) is 11.3. The molecule has 2 heterocycles. The summed E-state index contributed by atoms with van der Waals surface area (Å²) < 4.78 is 7.34. The van der Waals surface area contributed by atoms with E-state index < -0.39 is 0 Å². The second kappa shape index (κ2) is 9.10. The number of aromatic nitrogens is 1. The van der Waals surface area contributed by atoms with Crippen molar-refractivity contribution in [3.8, 4) is 0 Å². The first kappa shape index (κ1) is 20.8. The van der Waals surface area contributed by atoms with Gasteiger partial charge in [0.2, 0.25) is 0 Å². The lowest BCUT2D eigenvalue weighted by Gasteiger charge is -2.29. The molecule has 5 nitrogen and oxygen atoms in total. The number of fused-ring (bicyclic) bond motifs is 1. The second-order valence-corrected chi connectivity index (χ2v) is 9.27. The number of amides is 1. The van der Waals surface area contributed by atoms with Crippen LogP contribution in [0.4, 0.5) is 5.13 Å². The number of anilines is 1. The summed E-state index contributed by atoms with van der Waals surface area (Å²) >= 11 is 11.3. The molecule has 0 bridgehead atoms. The summed E-state index contributed by atoms with van der Waals surface area (Å²) in [5, 5.41) is 1.39. The van der Waals surface area contributed by atoms with Gasteiger partial charge in [0.15, 0.2) is 5.13 Å². The topological polar surface area (TPSA) is 45.7 Å². The molecule has 0 radical (unpaired) electrons. The summed E-state index contributed by atoms with van der Waals surface area (Å²) in [5.41, 5.74) is 2.43. The smallest absolute Gasteiger partial charge is 0.260 e. The van der Waals surface area contributed by atoms with Crippen LogP contribution in [0.3, 0.4) is 0 Å². The third kappa shape index (κ3) is 4.64. The molecular formula is C21H21BrClN3O2S. The molecule has 29 heavy (non-hydrogen) atoms. The lowest BCUT2D eigenvalue weighted by Crippen LogP contribution is -2.43. The summed E-state index contributed by atoms with van der Waals surface area (Å²) in [6.07, 6.45) is 0. The first-order valence-corrected chi connectivity index (χ1v) is 11.4. The normalized spacial score (nSPS) is 15.0. The molecule has 0 spiro atoms. The zero-order valence-corrected chi connectivity index (χ0v) is 19.2. The molecule has 0 atom stereocenters. The lowest BCUT2D eigenvalue weighted by atomic mass is 10.2. The fourth-order valence-corrected chi connectivity index (χ4v) is 4.93. The zero-order chi connectivity index (χ0) is 20.4. The number of thiazole rings is 1. The molecule has 0 saturated carbocycles. The van der Waals surface area contributed by atoms with E-state index in [9.17, 15) is 4.79 Å². The van der Waals surface area contributed by atoms with E-state index in [1.54, 1.807) is 4.90 Å². The number of aryl methyl sites for hydroxylation is 1. The highest BCUT2D eigenvalue weighted by molar-refractivity contribution is 9.10. The molecule has 152 valence electrons. The van der Waals surface area contributed by atoms with E-state index in [0.717, 1.165) is 53.1 Å². The van der Waals surface area contributed by atoms with Crippen LogP contribution in [0.5, 0.6) is 0 Å². The highest BCUT2D eigenvalue weighted by atomic mass is 79.9. The highest BCUT2D eigenvalue weighted by Crippen LogP contribution is 2.34. The molecule has 1 saturated heterocycles. The van der Waals surface area contributed by atoms with E-state index in [2.05, 4.69) is 20.8 Å². The SMILES string of the molecule is Cc1c(Cl)ccc2sc(N(CCN3CCOCC3)C(=O)c3cccc(Br)c3)nc12. The predicted molar refractivity (Wildman–Crippen MR) is 122 cm³/mol. The van der Waals surface area contributed by atoms with E-state index in [1.165, 1.54) is 11.3 Å². The van der Waals surface area contributed by atoms with Gasteiger partial charge in [0.05, 0.1) is 23.4 Å². The molecule has 1 amide bonds. The Morgan fingerprint density at radius 1 is 1.31 bits per heavy atom. The average molecular weight is 495 g/mol. The van der Waals surface area contributed by atoms with Crippen LogP contribution in [-0.2, 0) is 4.74 Å². The molecule has 0 N–H and O–H groups in total. The van der Waals surface area contributed by atoms with Crippen molar-refractivity contribution in [3.05, 3.63) is 57.0 Å².